The summed E-state index contributed by atoms with van der Waals surface area (Å²) in [6.45, 7) is 2.59. The maximum atomic E-state index is 13.3. The summed E-state index contributed by atoms with van der Waals surface area (Å²) in [7, 11) is -3.58. The fraction of sp³-hybridized carbons (Fsp3) is 0.533. The van der Waals surface area contributed by atoms with E-state index < -0.39 is 34.1 Å². The summed E-state index contributed by atoms with van der Waals surface area (Å²) in [6, 6.07) is 1.79. The molecule has 1 aliphatic rings. The minimum atomic E-state index is -4.64. The summed E-state index contributed by atoms with van der Waals surface area (Å²) in [6.07, 6.45) is -4.86. The molecule has 134 valence electrons. The van der Waals surface area contributed by atoms with Crippen LogP contribution in [0.5, 0.6) is 0 Å². The number of amides is 1. The lowest BCUT2D eigenvalue weighted by molar-refractivity contribution is -0.220. The Kier molecular flexibility index (Phi) is 4.96. The number of nitrogens with zero attached hydrogens (tertiary/aromatic N) is 1. The van der Waals surface area contributed by atoms with Gasteiger partial charge in [-0.3, -0.25) is 4.79 Å². The normalized spacial score (nSPS) is 22.5. The average molecular weight is 365 g/mol. The first-order valence-electron chi connectivity index (χ1n) is 7.23. The SMILES string of the molecule is Cc1ccc(S(C)(=O)=O)cc1C(=O)N1CCO[C@@H](C)[C@H]1C(F)(F)F. The van der Waals surface area contributed by atoms with Crippen molar-refractivity contribution < 1.29 is 31.1 Å². The molecule has 0 N–H and O–H groups in total. The number of halogens is 3. The Hall–Kier alpha value is -1.61. The van der Waals surface area contributed by atoms with Crippen LogP contribution in [0.2, 0.25) is 0 Å². The molecular weight excluding hydrogens is 347 g/mol. The molecule has 2 atom stereocenters. The van der Waals surface area contributed by atoms with Gasteiger partial charge < -0.3 is 9.64 Å². The molecule has 1 aliphatic heterocycles. The van der Waals surface area contributed by atoms with Crippen LogP contribution >= 0.6 is 0 Å². The van der Waals surface area contributed by atoms with Crippen LogP contribution in [0.1, 0.15) is 22.8 Å². The first-order chi connectivity index (χ1) is 10.9. The summed E-state index contributed by atoms with van der Waals surface area (Å²) in [5.74, 6) is -0.851. The van der Waals surface area contributed by atoms with Crippen LogP contribution in [0.3, 0.4) is 0 Å². The van der Waals surface area contributed by atoms with Crippen LogP contribution in [-0.4, -0.2) is 57.0 Å². The summed E-state index contributed by atoms with van der Waals surface area (Å²) < 4.78 is 68.3. The molecule has 0 bridgehead atoms. The molecule has 0 unspecified atom stereocenters. The lowest BCUT2D eigenvalue weighted by Crippen LogP contribution is -2.59. The van der Waals surface area contributed by atoms with E-state index in [0.29, 0.717) is 10.5 Å². The largest absolute Gasteiger partial charge is 0.411 e. The lowest BCUT2D eigenvalue weighted by Gasteiger charge is -2.40. The molecule has 1 amide bonds. The maximum Gasteiger partial charge on any atom is 0.411 e. The number of carbonyl (C=O) groups is 1. The Balaban J connectivity index is 2.47. The summed E-state index contributed by atoms with van der Waals surface area (Å²) in [5.41, 5.74) is 0.355. The monoisotopic (exact) mass is 365 g/mol. The van der Waals surface area contributed by atoms with Gasteiger partial charge in [-0.2, -0.15) is 13.2 Å². The standard InChI is InChI=1S/C15H18F3NO4S/c1-9-4-5-11(24(3,21)22)8-12(9)14(20)19-6-7-23-10(2)13(19)15(16,17)18/h4-5,8,10,13H,6-7H2,1-3H3/t10-,13-/m0/s1. The van der Waals surface area contributed by atoms with Gasteiger partial charge in [0, 0.05) is 18.4 Å². The fourth-order valence-electron chi connectivity index (χ4n) is 2.71. The van der Waals surface area contributed by atoms with Crippen molar-refractivity contribution in [2.24, 2.45) is 0 Å². The first kappa shape index (κ1) is 18.7. The van der Waals surface area contributed by atoms with Crippen molar-refractivity contribution in [3.63, 3.8) is 0 Å². The Morgan fingerprint density at radius 1 is 1.33 bits per heavy atom. The van der Waals surface area contributed by atoms with Crippen molar-refractivity contribution in [2.45, 2.75) is 37.1 Å². The first-order valence-corrected chi connectivity index (χ1v) is 9.12. The van der Waals surface area contributed by atoms with Gasteiger partial charge in [-0.25, -0.2) is 8.42 Å². The number of carbonyl (C=O) groups excluding carboxylic acids is 1. The number of aryl methyl sites for hydroxylation is 1. The molecule has 1 heterocycles. The van der Waals surface area contributed by atoms with Gasteiger partial charge in [0.25, 0.3) is 5.91 Å². The summed E-state index contributed by atoms with van der Waals surface area (Å²) in [4.78, 5) is 13.3. The van der Waals surface area contributed by atoms with Crippen molar-refractivity contribution in [1.82, 2.24) is 4.90 Å². The van der Waals surface area contributed by atoms with Gasteiger partial charge in [0.15, 0.2) is 15.9 Å². The van der Waals surface area contributed by atoms with E-state index in [0.717, 1.165) is 12.3 Å². The van der Waals surface area contributed by atoms with E-state index in [-0.39, 0.29) is 23.6 Å². The van der Waals surface area contributed by atoms with Gasteiger partial charge in [0.05, 0.1) is 17.6 Å². The van der Waals surface area contributed by atoms with Gasteiger partial charge in [-0.1, -0.05) is 6.07 Å². The smallest absolute Gasteiger partial charge is 0.374 e. The van der Waals surface area contributed by atoms with E-state index in [9.17, 15) is 26.4 Å². The average Bonchev–Trinajstić information content (AvgIpc) is 2.44. The van der Waals surface area contributed by atoms with E-state index in [4.69, 9.17) is 4.74 Å². The third-order valence-electron chi connectivity index (χ3n) is 3.96. The van der Waals surface area contributed by atoms with E-state index in [1.54, 1.807) is 6.92 Å². The molecule has 0 aromatic heterocycles. The minimum Gasteiger partial charge on any atom is -0.374 e. The summed E-state index contributed by atoms with van der Waals surface area (Å²) >= 11 is 0. The van der Waals surface area contributed by atoms with Gasteiger partial charge >= 0.3 is 6.18 Å². The molecule has 2 rings (SSSR count). The molecule has 9 heteroatoms. The predicted molar refractivity (Wildman–Crippen MR) is 80.6 cm³/mol. The van der Waals surface area contributed by atoms with Crippen molar-refractivity contribution in [1.29, 1.82) is 0 Å². The number of hydrogen-bond donors (Lipinski definition) is 0. The van der Waals surface area contributed by atoms with Crippen LogP contribution in [0, 0.1) is 6.92 Å². The van der Waals surface area contributed by atoms with Crippen LogP contribution in [-0.2, 0) is 14.6 Å². The summed E-state index contributed by atoms with van der Waals surface area (Å²) in [5, 5.41) is 0. The van der Waals surface area contributed by atoms with E-state index in [2.05, 4.69) is 0 Å². The number of benzene rings is 1. The van der Waals surface area contributed by atoms with Gasteiger partial charge in [0.2, 0.25) is 0 Å². The third kappa shape index (κ3) is 3.72. The molecule has 1 fully saturated rings. The van der Waals surface area contributed by atoms with Crippen molar-refractivity contribution in [2.75, 3.05) is 19.4 Å². The molecule has 0 saturated carbocycles. The number of morpholine rings is 1. The maximum absolute atomic E-state index is 13.3. The Morgan fingerprint density at radius 2 is 1.96 bits per heavy atom. The topological polar surface area (TPSA) is 63.7 Å². The molecule has 5 nitrogen and oxygen atoms in total. The highest BCUT2D eigenvalue weighted by Gasteiger charge is 2.51. The van der Waals surface area contributed by atoms with Crippen molar-refractivity contribution in [3.8, 4) is 0 Å². The molecule has 0 radical (unpaired) electrons. The molecule has 1 saturated heterocycles. The Labute approximate surface area is 138 Å². The van der Waals surface area contributed by atoms with Crippen LogP contribution in [0.4, 0.5) is 13.2 Å². The molecule has 1 aromatic rings. The quantitative estimate of drug-likeness (QED) is 0.806. The number of rotatable bonds is 2. The van der Waals surface area contributed by atoms with Crippen LogP contribution in [0.15, 0.2) is 23.1 Å². The fourth-order valence-corrected chi connectivity index (χ4v) is 3.36. The van der Waals surface area contributed by atoms with Gasteiger partial charge in [-0.15, -0.1) is 0 Å². The molecule has 0 aliphatic carbocycles. The zero-order valence-electron chi connectivity index (χ0n) is 13.4. The molecule has 1 aromatic carbocycles. The zero-order valence-corrected chi connectivity index (χ0v) is 14.2. The number of hydrogen-bond acceptors (Lipinski definition) is 4. The highest BCUT2D eigenvalue weighted by atomic mass is 32.2. The predicted octanol–water partition coefficient (Wildman–Crippen LogP) is 2.19. The van der Waals surface area contributed by atoms with Crippen LogP contribution < -0.4 is 0 Å². The van der Waals surface area contributed by atoms with Gasteiger partial charge in [-0.05, 0) is 31.5 Å². The van der Waals surface area contributed by atoms with Crippen LogP contribution in [0.25, 0.3) is 0 Å². The highest BCUT2D eigenvalue weighted by Crippen LogP contribution is 2.32. The number of ether oxygens (including phenoxy) is 1. The minimum absolute atomic E-state index is 0.00962. The second-order valence-corrected chi connectivity index (χ2v) is 7.83. The second-order valence-electron chi connectivity index (χ2n) is 5.81. The molecular formula is C15H18F3NO4S. The van der Waals surface area contributed by atoms with Crippen molar-refractivity contribution in [3.05, 3.63) is 29.3 Å². The molecule has 0 spiro atoms. The lowest BCUT2D eigenvalue weighted by atomic mass is 10.0. The second kappa shape index (κ2) is 6.36. The Morgan fingerprint density at radius 3 is 2.50 bits per heavy atom. The zero-order chi connectivity index (χ0) is 18.3. The van der Waals surface area contributed by atoms with Crippen molar-refractivity contribution >= 4 is 15.7 Å². The number of alkyl halides is 3. The van der Waals surface area contributed by atoms with E-state index >= 15 is 0 Å². The van der Waals surface area contributed by atoms with E-state index in [1.807, 2.05) is 0 Å². The third-order valence-corrected chi connectivity index (χ3v) is 5.07. The Bertz CT molecular complexity index is 746. The number of sulfone groups is 1. The van der Waals surface area contributed by atoms with E-state index in [1.165, 1.54) is 19.1 Å². The van der Waals surface area contributed by atoms with Gasteiger partial charge in [0.1, 0.15) is 0 Å². The molecule has 24 heavy (non-hydrogen) atoms. The highest BCUT2D eigenvalue weighted by molar-refractivity contribution is 7.90.